The van der Waals surface area contributed by atoms with E-state index in [1.807, 2.05) is 0 Å². The fourth-order valence-electron chi connectivity index (χ4n) is 1.84. The summed E-state index contributed by atoms with van der Waals surface area (Å²) in [6, 6.07) is 2.98. The minimum atomic E-state index is -0.500. The van der Waals surface area contributed by atoms with Crippen LogP contribution < -0.4 is 15.2 Å². The predicted octanol–water partition coefficient (Wildman–Crippen LogP) is 2.99. The normalized spacial score (nSPS) is 14.2. The van der Waals surface area contributed by atoms with E-state index in [1.54, 1.807) is 0 Å². The summed E-state index contributed by atoms with van der Waals surface area (Å²) in [6.07, 6.45) is 0.743. The second kappa shape index (κ2) is 4.73. The average Bonchev–Trinajstić information content (AvgIpc) is 2.69. The van der Waals surface area contributed by atoms with Crippen LogP contribution in [0.25, 0.3) is 11.3 Å². The number of nitrogens with two attached hydrogens (primary N) is 1. The Morgan fingerprint density at radius 3 is 2.79 bits per heavy atom. The third kappa shape index (κ3) is 2.14. The molecule has 2 aromatic rings. The molecule has 0 unspecified atom stereocenters. The van der Waals surface area contributed by atoms with Gasteiger partial charge in [-0.25, -0.2) is 4.39 Å². The van der Waals surface area contributed by atoms with Crippen molar-refractivity contribution in [2.24, 2.45) is 0 Å². The second-order valence-corrected chi connectivity index (χ2v) is 4.84. The van der Waals surface area contributed by atoms with Crippen LogP contribution in [0.15, 0.2) is 21.1 Å². The van der Waals surface area contributed by atoms with Gasteiger partial charge in [-0.05, 0) is 22.0 Å². The van der Waals surface area contributed by atoms with E-state index in [0.29, 0.717) is 24.7 Å². The number of halogens is 2. The van der Waals surface area contributed by atoms with Gasteiger partial charge < -0.3 is 19.7 Å². The highest BCUT2D eigenvalue weighted by molar-refractivity contribution is 9.10. The zero-order valence-electron chi connectivity index (χ0n) is 9.78. The Labute approximate surface area is 116 Å². The van der Waals surface area contributed by atoms with E-state index in [9.17, 15) is 4.39 Å². The highest BCUT2D eigenvalue weighted by Crippen LogP contribution is 2.43. The van der Waals surface area contributed by atoms with Crippen LogP contribution in [-0.4, -0.2) is 18.4 Å². The van der Waals surface area contributed by atoms with Gasteiger partial charge in [0, 0.05) is 12.5 Å². The van der Waals surface area contributed by atoms with E-state index < -0.39 is 5.82 Å². The summed E-state index contributed by atoms with van der Waals surface area (Å²) in [6.45, 7) is 1.00. The number of fused-ring (bicyclic) bond motifs is 1. The van der Waals surface area contributed by atoms with Crippen LogP contribution in [0, 0.1) is 5.82 Å². The molecular formula is C12H10BrFN2O3. The molecule has 5 nitrogen and oxygen atoms in total. The van der Waals surface area contributed by atoms with E-state index >= 15 is 0 Å². The summed E-state index contributed by atoms with van der Waals surface area (Å²) in [4.78, 5) is 0. The lowest BCUT2D eigenvalue weighted by Crippen LogP contribution is -1.97. The van der Waals surface area contributed by atoms with Crippen molar-refractivity contribution in [3.05, 3.63) is 22.4 Å². The van der Waals surface area contributed by atoms with Crippen LogP contribution in [-0.2, 0) is 0 Å². The lowest BCUT2D eigenvalue weighted by atomic mass is 10.1. The molecule has 100 valence electrons. The van der Waals surface area contributed by atoms with Gasteiger partial charge in [-0.3, -0.25) is 0 Å². The van der Waals surface area contributed by atoms with E-state index in [1.165, 1.54) is 12.1 Å². The first kappa shape index (κ1) is 12.3. The minimum Gasteiger partial charge on any atom is -0.489 e. The monoisotopic (exact) mass is 328 g/mol. The number of ether oxygens (including phenoxy) is 2. The van der Waals surface area contributed by atoms with Crippen molar-refractivity contribution in [3.63, 3.8) is 0 Å². The van der Waals surface area contributed by atoms with Crippen LogP contribution in [0.1, 0.15) is 6.42 Å². The first-order valence-corrected chi connectivity index (χ1v) is 6.46. The molecule has 2 heterocycles. The van der Waals surface area contributed by atoms with Crippen LogP contribution in [0.3, 0.4) is 0 Å². The van der Waals surface area contributed by atoms with Crippen molar-refractivity contribution in [1.29, 1.82) is 0 Å². The predicted molar refractivity (Wildman–Crippen MR) is 69.6 cm³/mol. The lowest BCUT2D eigenvalue weighted by molar-refractivity contribution is 0.296. The maximum atomic E-state index is 14.3. The molecule has 0 saturated carbocycles. The Bertz CT molecular complexity index is 630. The molecular weight excluding hydrogens is 319 g/mol. The Morgan fingerprint density at radius 1 is 1.26 bits per heavy atom. The van der Waals surface area contributed by atoms with Crippen molar-refractivity contribution >= 4 is 21.7 Å². The van der Waals surface area contributed by atoms with E-state index in [-0.39, 0.29) is 21.6 Å². The van der Waals surface area contributed by atoms with Gasteiger partial charge in [0.15, 0.2) is 28.9 Å². The average molecular weight is 329 g/mol. The molecule has 1 aromatic heterocycles. The number of aromatic nitrogens is 1. The van der Waals surface area contributed by atoms with Crippen LogP contribution in [0.5, 0.6) is 11.5 Å². The molecule has 3 rings (SSSR count). The minimum absolute atomic E-state index is 0.192. The Kier molecular flexibility index (Phi) is 3.06. The van der Waals surface area contributed by atoms with E-state index in [0.717, 1.165) is 6.42 Å². The quantitative estimate of drug-likeness (QED) is 0.871. The number of hydrogen-bond acceptors (Lipinski definition) is 5. The SMILES string of the molecule is Nc1cc(-c2cc3c(c(Br)c2F)OCCCO3)on1. The smallest absolute Gasteiger partial charge is 0.178 e. The van der Waals surface area contributed by atoms with Gasteiger partial charge in [0.2, 0.25) is 0 Å². The molecule has 1 aliphatic heterocycles. The molecule has 0 atom stereocenters. The van der Waals surface area contributed by atoms with Gasteiger partial charge in [0.25, 0.3) is 0 Å². The number of rotatable bonds is 1. The maximum Gasteiger partial charge on any atom is 0.178 e. The largest absolute Gasteiger partial charge is 0.489 e. The van der Waals surface area contributed by atoms with Gasteiger partial charge >= 0.3 is 0 Å². The molecule has 0 radical (unpaired) electrons. The molecule has 0 amide bonds. The van der Waals surface area contributed by atoms with Crippen molar-refractivity contribution in [1.82, 2.24) is 5.16 Å². The summed E-state index contributed by atoms with van der Waals surface area (Å²) in [5, 5.41) is 3.54. The topological polar surface area (TPSA) is 70.5 Å². The molecule has 0 spiro atoms. The third-order valence-electron chi connectivity index (χ3n) is 2.71. The highest BCUT2D eigenvalue weighted by atomic mass is 79.9. The molecule has 1 aliphatic rings. The standard InChI is InChI=1S/C12H10BrFN2O3/c13-10-11(14)6(7-5-9(15)16-19-7)4-8-12(10)18-3-1-2-17-8/h4-5H,1-3H2,(H2,15,16). The lowest BCUT2D eigenvalue weighted by Gasteiger charge is -2.11. The zero-order chi connectivity index (χ0) is 13.4. The van der Waals surface area contributed by atoms with Gasteiger partial charge in [0.1, 0.15) is 0 Å². The zero-order valence-corrected chi connectivity index (χ0v) is 11.4. The van der Waals surface area contributed by atoms with Gasteiger partial charge in [-0.1, -0.05) is 5.16 Å². The summed E-state index contributed by atoms with van der Waals surface area (Å²) >= 11 is 3.18. The van der Waals surface area contributed by atoms with Crippen LogP contribution >= 0.6 is 15.9 Å². The van der Waals surface area contributed by atoms with Crippen LogP contribution in [0.2, 0.25) is 0 Å². The molecule has 19 heavy (non-hydrogen) atoms. The third-order valence-corrected chi connectivity index (χ3v) is 3.42. The Hall–Kier alpha value is -1.76. The van der Waals surface area contributed by atoms with Crippen molar-refractivity contribution in [2.45, 2.75) is 6.42 Å². The maximum absolute atomic E-state index is 14.3. The fourth-order valence-corrected chi connectivity index (χ4v) is 2.36. The summed E-state index contributed by atoms with van der Waals surface area (Å²) in [5.74, 6) is 0.770. The summed E-state index contributed by atoms with van der Waals surface area (Å²) in [5.41, 5.74) is 5.69. The number of benzene rings is 1. The second-order valence-electron chi connectivity index (χ2n) is 4.05. The summed E-state index contributed by atoms with van der Waals surface area (Å²) < 4.78 is 30.5. The Balaban J connectivity index is 2.16. The number of anilines is 1. The summed E-state index contributed by atoms with van der Waals surface area (Å²) in [7, 11) is 0. The fraction of sp³-hybridized carbons (Fsp3) is 0.250. The molecule has 0 saturated heterocycles. The molecule has 2 N–H and O–H groups in total. The first-order valence-electron chi connectivity index (χ1n) is 5.67. The first-order chi connectivity index (χ1) is 9.16. The number of nitrogen functional groups attached to an aromatic ring is 1. The molecule has 1 aromatic carbocycles. The number of hydrogen-bond donors (Lipinski definition) is 1. The van der Waals surface area contributed by atoms with Gasteiger partial charge in [0.05, 0.1) is 23.2 Å². The van der Waals surface area contributed by atoms with Gasteiger partial charge in [-0.2, -0.15) is 0 Å². The molecule has 0 bridgehead atoms. The van der Waals surface area contributed by atoms with Crippen molar-refractivity contribution in [2.75, 3.05) is 18.9 Å². The highest BCUT2D eigenvalue weighted by Gasteiger charge is 2.23. The Morgan fingerprint density at radius 2 is 2.05 bits per heavy atom. The van der Waals surface area contributed by atoms with Crippen molar-refractivity contribution in [3.8, 4) is 22.8 Å². The molecule has 7 heteroatoms. The number of nitrogens with zero attached hydrogens (tertiary/aromatic N) is 1. The van der Waals surface area contributed by atoms with E-state index in [2.05, 4.69) is 21.1 Å². The van der Waals surface area contributed by atoms with Gasteiger partial charge in [-0.15, -0.1) is 0 Å². The van der Waals surface area contributed by atoms with Crippen LogP contribution in [0.4, 0.5) is 10.2 Å². The molecule has 0 fully saturated rings. The molecule has 0 aliphatic carbocycles. The van der Waals surface area contributed by atoms with Crippen molar-refractivity contribution < 1.29 is 18.4 Å². The van der Waals surface area contributed by atoms with E-state index in [4.69, 9.17) is 19.7 Å².